The number of hydrogen-bond acceptors (Lipinski definition) is 5. The van der Waals surface area contributed by atoms with Crippen LogP contribution in [0.25, 0.3) is 0 Å². The van der Waals surface area contributed by atoms with E-state index >= 15 is 0 Å². The maximum Gasteiger partial charge on any atom is 0.164 e. The van der Waals surface area contributed by atoms with Gasteiger partial charge in [-0.2, -0.15) is 17.0 Å². The zero-order valence-corrected chi connectivity index (χ0v) is 13.0. The van der Waals surface area contributed by atoms with Crippen molar-refractivity contribution in [1.29, 1.82) is 5.26 Å². The van der Waals surface area contributed by atoms with Gasteiger partial charge >= 0.3 is 0 Å². The number of benzene rings is 1. The molecule has 108 valence electrons. The van der Waals surface area contributed by atoms with Gasteiger partial charge in [0.25, 0.3) is 0 Å². The number of nitrogens with zero attached hydrogens (tertiary/aromatic N) is 2. The molecule has 6 heteroatoms. The number of nitriles is 1. The molecule has 0 saturated carbocycles. The van der Waals surface area contributed by atoms with Crippen molar-refractivity contribution in [2.75, 3.05) is 30.9 Å². The summed E-state index contributed by atoms with van der Waals surface area (Å²) < 4.78 is 23.7. The van der Waals surface area contributed by atoms with Gasteiger partial charge in [0.05, 0.1) is 12.0 Å². The van der Waals surface area contributed by atoms with E-state index in [0.717, 1.165) is 11.3 Å². The van der Waals surface area contributed by atoms with E-state index < -0.39 is 15.2 Å². The monoisotopic (exact) mass is 310 g/mol. The molecule has 0 aromatic heterocycles. The molecule has 1 aliphatic rings. The molecule has 1 aromatic carbocycles. The van der Waals surface area contributed by atoms with Gasteiger partial charge in [0.15, 0.2) is 9.84 Å². The third-order valence-electron chi connectivity index (χ3n) is 3.46. The normalized spacial score (nSPS) is 22.1. The Balaban J connectivity index is 2.16. The lowest BCUT2D eigenvalue weighted by Crippen LogP contribution is -2.48. The van der Waals surface area contributed by atoms with Gasteiger partial charge in [0, 0.05) is 30.9 Å². The summed E-state index contributed by atoms with van der Waals surface area (Å²) in [6, 6.07) is 11.8. The lowest BCUT2D eigenvalue weighted by molar-refractivity contribution is 0.265. The highest BCUT2D eigenvalue weighted by Gasteiger charge is 2.32. The quantitative estimate of drug-likeness (QED) is 0.847. The molecule has 0 amide bonds. The zero-order valence-electron chi connectivity index (χ0n) is 11.4. The fourth-order valence-electron chi connectivity index (χ4n) is 2.36. The Morgan fingerprint density at radius 1 is 1.45 bits per heavy atom. The van der Waals surface area contributed by atoms with Crippen LogP contribution in [-0.2, 0) is 9.84 Å². The Morgan fingerprint density at radius 2 is 2.15 bits per heavy atom. The van der Waals surface area contributed by atoms with E-state index in [1.807, 2.05) is 35.2 Å². The molecule has 1 heterocycles. The van der Waals surface area contributed by atoms with E-state index in [1.165, 1.54) is 6.26 Å². The van der Waals surface area contributed by atoms with Gasteiger partial charge in [-0.25, -0.2) is 8.42 Å². The average molecular weight is 310 g/mol. The van der Waals surface area contributed by atoms with Crippen LogP contribution in [0.3, 0.4) is 0 Å². The van der Waals surface area contributed by atoms with Crippen molar-refractivity contribution in [2.24, 2.45) is 0 Å². The molecule has 0 N–H and O–H groups in total. The molecule has 4 nitrogen and oxygen atoms in total. The van der Waals surface area contributed by atoms with Gasteiger partial charge in [0.2, 0.25) is 0 Å². The highest BCUT2D eigenvalue weighted by Crippen LogP contribution is 2.24. The van der Waals surface area contributed by atoms with Crippen molar-refractivity contribution in [3.63, 3.8) is 0 Å². The summed E-state index contributed by atoms with van der Waals surface area (Å²) in [5, 5.41) is 8.90. The smallest absolute Gasteiger partial charge is 0.164 e. The molecule has 1 saturated heterocycles. The predicted molar refractivity (Wildman–Crippen MR) is 82.3 cm³/mol. The van der Waals surface area contributed by atoms with Crippen LogP contribution in [0.5, 0.6) is 0 Å². The summed E-state index contributed by atoms with van der Waals surface area (Å²) in [6.45, 7) is 1.19. The Labute approximate surface area is 124 Å². The van der Waals surface area contributed by atoms with Crippen LogP contribution in [0.4, 0.5) is 0 Å². The summed E-state index contributed by atoms with van der Waals surface area (Å²) in [5.41, 5.74) is 0.945. The van der Waals surface area contributed by atoms with Gasteiger partial charge in [0.1, 0.15) is 5.37 Å². The van der Waals surface area contributed by atoms with E-state index in [0.29, 0.717) is 18.8 Å². The Kier molecular flexibility index (Phi) is 5.08. The standard InChI is InChI=1S/C14H18N2O2S2/c1-20(17,18)14-11-19-8-7-16(14)10-13(9-15)12-5-3-2-4-6-12/h2-6,13-14H,7-8,10-11H2,1H3. The summed E-state index contributed by atoms with van der Waals surface area (Å²) in [6.07, 6.45) is 1.28. The minimum absolute atomic E-state index is 0.288. The maximum atomic E-state index is 11.9. The van der Waals surface area contributed by atoms with E-state index in [1.54, 1.807) is 11.8 Å². The fourth-order valence-corrected chi connectivity index (χ4v) is 5.31. The number of thioether (sulfide) groups is 1. The van der Waals surface area contributed by atoms with Crippen molar-refractivity contribution in [1.82, 2.24) is 4.90 Å². The Bertz CT molecular complexity index is 581. The molecule has 0 aliphatic carbocycles. The van der Waals surface area contributed by atoms with Crippen LogP contribution in [0, 0.1) is 11.3 Å². The molecule has 1 fully saturated rings. The molecule has 0 bridgehead atoms. The van der Waals surface area contributed by atoms with Crippen molar-refractivity contribution in [2.45, 2.75) is 11.3 Å². The molecule has 2 rings (SSSR count). The minimum atomic E-state index is -3.12. The topological polar surface area (TPSA) is 61.2 Å². The molecule has 1 aliphatic heterocycles. The van der Waals surface area contributed by atoms with Crippen LogP contribution in [-0.4, -0.2) is 49.5 Å². The SMILES string of the molecule is CS(=O)(=O)C1CSCCN1CC(C#N)c1ccccc1. The lowest BCUT2D eigenvalue weighted by Gasteiger charge is -2.35. The molecule has 2 unspecified atom stereocenters. The first-order valence-electron chi connectivity index (χ1n) is 6.47. The van der Waals surface area contributed by atoms with Gasteiger partial charge in [-0.05, 0) is 5.56 Å². The molecule has 1 aromatic rings. The molecule has 20 heavy (non-hydrogen) atoms. The van der Waals surface area contributed by atoms with Crippen molar-refractivity contribution in [3.8, 4) is 6.07 Å². The zero-order chi connectivity index (χ0) is 14.6. The predicted octanol–water partition coefficient (Wildman–Crippen LogP) is 1.71. The first-order valence-corrected chi connectivity index (χ1v) is 9.58. The van der Waals surface area contributed by atoms with E-state index in [-0.39, 0.29) is 5.92 Å². The highest BCUT2D eigenvalue weighted by atomic mass is 32.2. The number of hydrogen-bond donors (Lipinski definition) is 0. The van der Waals surface area contributed by atoms with E-state index in [2.05, 4.69) is 6.07 Å². The van der Waals surface area contributed by atoms with Crippen molar-refractivity contribution < 1.29 is 8.42 Å². The third-order valence-corrected chi connectivity index (χ3v) is 6.15. The van der Waals surface area contributed by atoms with Gasteiger partial charge in [-0.1, -0.05) is 30.3 Å². The van der Waals surface area contributed by atoms with Gasteiger partial charge in [-0.15, -0.1) is 0 Å². The van der Waals surface area contributed by atoms with Crippen LogP contribution >= 0.6 is 11.8 Å². The summed E-state index contributed by atoms with van der Waals surface area (Å²) in [5.74, 6) is 1.22. The first kappa shape index (κ1) is 15.4. The van der Waals surface area contributed by atoms with E-state index in [9.17, 15) is 13.7 Å². The largest absolute Gasteiger partial charge is 0.284 e. The van der Waals surface area contributed by atoms with Gasteiger partial charge in [-0.3, -0.25) is 4.90 Å². The molecule has 0 radical (unpaired) electrons. The molecule has 2 atom stereocenters. The second-order valence-corrected chi connectivity index (χ2v) is 8.30. The summed E-state index contributed by atoms with van der Waals surface area (Å²) in [4.78, 5) is 1.94. The van der Waals surface area contributed by atoms with Crippen LogP contribution in [0.15, 0.2) is 30.3 Å². The second-order valence-electron chi connectivity index (χ2n) is 4.95. The number of sulfone groups is 1. The first-order chi connectivity index (χ1) is 9.52. The minimum Gasteiger partial charge on any atom is -0.284 e. The summed E-state index contributed by atoms with van der Waals surface area (Å²) in [7, 11) is -3.12. The van der Waals surface area contributed by atoms with Crippen LogP contribution in [0.2, 0.25) is 0 Å². The third kappa shape index (κ3) is 3.75. The Hall–Kier alpha value is -1.03. The Morgan fingerprint density at radius 3 is 2.75 bits per heavy atom. The van der Waals surface area contributed by atoms with Crippen LogP contribution in [0.1, 0.15) is 11.5 Å². The molecular weight excluding hydrogens is 292 g/mol. The second kappa shape index (κ2) is 6.61. The number of rotatable bonds is 4. The summed E-state index contributed by atoms with van der Waals surface area (Å²) >= 11 is 1.66. The average Bonchev–Trinajstić information content (AvgIpc) is 2.45. The van der Waals surface area contributed by atoms with Crippen molar-refractivity contribution >= 4 is 21.6 Å². The lowest BCUT2D eigenvalue weighted by atomic mass is 10.0. The van der Waals surface area contributed by atoms with E-state index in [4.69, 9.17) is 0 Å². The molecule has 0 spiro atoms. The molecular formula is C14H18N2O2S2. The fraction of sp³-hybridized carbons (Fsp3) is 0.500. The van der Waals surface area contributed by atoms with Crippen LogP contribution < -0.4 is 0 Å². The highest BCUT2D eigenvalue weighted by molar-refractivity contribution is 8.00. The maximum absolute atomic E-state index is 11.9. The van der Waals surface area contributed by atoms with Crippen molar-refractivity contribution in [3.05, 3.63) is 35.9 Å². The van der Waals surface area contributed by atoms with Gasteiger partial charge < -0.3 is 0 Å².